The number of rotatable bonds is 7. The minimum absolute atomic E-state index is 0.521. The number of ether oxygens (including phenoxy) is 1. The van der Waals surface area contributed by atoms with Gasteiger partial charge in [-0.05, 0) is 44.8 Å². The predicted molar refractivity (Wildman–Crippen MR) is 91.0 cm³/mol. The number of likely N-dealkylation sites (N-methyl/N-ethyl adjacent to an activating group) is 1. The van der Waals surface area contributed by atoms with E-state index >= 15 is 0 Å². The van der Waals surface area contributed by atoms with Gasteiger partial charge in [-0.2, -0.15) is 0 Å². The quantitative estimate of drug-likeness (QED) is 0.774. The zero-order valence-corrected chi connectivity index (χ0v) is 13.7. The Morgan fingerprint density at radius 1 is 1.38 bits per heavy atom. The first-order valence-electron chi connectivity index (χ1n) is 7.43. The molecule has 1 aliphatic rings. The van der Waals surface area contributed by atoms with E-state index in [0.717, 1.165) is 31.0 Å². The molecule has 0 spiro atoms. The molecule has 1 heterocycles. The molecule has 2 N–H and O–H groups in total. The van der Waals surface area contributed by atoms with Gasteiger partial charge in [0.05, 0.1) is 4.99 Å². The third-order valence-electron chi connectivity index (χ3n) is 3.96. The molecule has 1 saturated heterocycles. The van der Waals surface area contributed by atoms with Crippen LogP contribution in [0.15, 0.2) is 24.3 Å². The van der Waals surface area contributed by atoms with Gasteiger partial charge in [0.1, 0.15) is 12.4 Å². The summed E-state index contributed by atoms with van der Waals surface area (Å²) >= 11 is 4.91. The maximum atomic E-state index is 5.80. The first-order chi connectivity index (χ1) is 10.0. The van der Waals surface area contributed by atoms with E-state index in [0.29, 0.717) is 17.5 Å². The normalized spacial score (nSPS) is 19.1. The second-order valence-corrected chi connectivity index (χ2v) is 6.37. The summed E-state index contributed by atoms with van der Waals surface area (Å²) in [6.45, 7) is 4.02. The van der Waals surface area contributed by atoms with Crippen molar-refractivity contribution in [2.75, 3.05) is 40.3 Å². The van der Waals surface area contributed by atoms with E-state index < -0.39 is 0 Å². The summed E-state index contributed by atoms with van der Waals surface area (Å²) in [6, 6.07) is 8.70. The topological polar surface area (TPSA) is 41.7 Å². The van der Waals surface area contributed by atoms with Crippen molar-refractivity contribution in [3.05, 3.63) is 29.8 Å². The van der Waals surface area contributed by atoms with Crippen LogP contribution in [0, 0.1) is 0 Å². The summed E-state index contributed by atoms with van der Waals surface area (Å²) < 4.78 is 5.80. The number of likely N-dealkylation sites (tertiary alicyclic amines) is 1. The summed E-state index contributed by atoms with van der Waals surface area (Å²) in [4.78, 5) is 5.29. The van der Waals surface area contributed by atoms with Crippen molar-refractivity contribution in [2.45, 2.75) is 18.9 Å². The standard InChI is InChI=1S/C16H25N3OS/c1-18(2)14-7-8-19(12-14)9-10-20-15-5-3-13(4-6-15)11-16(17)21/h3-6,14H,7-12H2,1-2H3,(H2,17,21). The van der Waals surface area contributed by atoms with Gasteiger partial charge in [-0.1, -0.05) is 24.4 Å². The summed E-state index contributed by atoms with van der Waals surface area (Å²) in [5.41, 5.74) is 6.66. The zero-order valence-electron chi connectivity index (χ0n) is 12.9. The molecule has 1 fully saturated rings. The lowest BCUT2D eigenvalue weighted by atomic mass is 10.1. The molecule has 0 aromatic heterocycles. The Kier molecular flexibility index (Phi) is 5.96. The largest absolute Gasteiger partial charge is 0.492 e. The van der Waals surface area contributed by atoms with Crippen LogP contribution in [-0.2, 0) is 6.42 Å². The van der Waals surface area contributed by atoms with E-state index in [1.807, 2.05) is 24.3 Å². The Labute approximate surface area is 132 Å². The third kappa shape index (κ3) is 5.26. The highest BCUT2D eigenvalue weighted by molar-refractivity contribution is 7.80. The van der Waals surface area contributed by atoms with Crippen molar-refractivity contribution in [1.82, 2.24) is 9.80 Å². The molecule has 1 atom stereocenters. The van der Waals surface area contributed by atoms with E-state index in [2.05, 4.69) is 23.9 Å². The van der Waals surface area contributed by atoms with E-state index in [-0.39, 0.29) is 0 Å². The van der Waals surface area contributed by atoms with Gasteiger partial charge in [0.2, 0.25) is 0 Å². The Hall–Kier alpha value is -1.17. The van der Waals surface area contributed by atoms with Gasteiger partial charge in [-0.3, -0.25) is 4.90 Å². The highest BCUT2D eigenvalue weighted by Gasteiger charge is 2.23. The molecule has 1 aliphatic heterocycles. The summed E-state index contributed by atoms with van der Waals surface area (Å²) in [7, 11) is 4.30. The van der Waals surface area contributed by atoms with Gasteiger partial charge < -0.3 is 15.4 Å². The molecule has 4 nitrogen and oxygen atoms in total. The number of hydrogen-bond donors (Lipinski definition) is 1. The van der Waals surface area contributed by atoms with Crippen LogP contribution in [0.2, 0.25) is 0 Å². The molecule has 0 amide bonds. The molecule has 1 aromatic rings. The van der Waals surface area contributed by atoms with Gasteiger partial charge in [0.15, 0.2) is 0 Å². The number of nitrogens with zero attached hydrogens (tertiary/aromatic N) is 2. The monoisotopic (exact) mass is 307 g/mol. The van der Waals surface area contributed by atoms with Crippen LogP contribution >= 0.6 is 12.2 Å². The van der Waals surface area contributed by atoms with Crippen molar-refractivity contribution in [3.63, 3.8) is 0 Å². The van der Waals surface area contributed by atoms with Crippen molar-refractivity contribution < 1.29 is 4.74 Å². The molecule has 21 heavy (non-hydrogen) atoms. The summed E-state index contributed by atoms with van der Waals surface area (Å²) in [5.74, 6) is 0.907. The second kappa shape index (κ2) is 7.73. The molecular weight excluding hydrogens is 282 g/mol. The Balaban J connectivity index is 1.70. The first kappa shape index (κ1) is 16.2. The molecule has 5 heteroatoms. The Morgan fingerprint density at radius 3 is 2.67 bits per heavy atom. The number of hydrogen-bond acceptors (Lipinski definition) is 4. The fraction of sp³-hybridized carbons (Fsp3) is 0.562. The SMILES string of the molecule is CN(C)C1CCN(CCOc2ccc(CC(N)=S)cc2)C1. The highest BCUT2D eigenvalue weighted by atomic mass is 32.1. The molecule has 0 aliphatic carbocycles. The Morgan fingerprint density at radius 2 is 2.10 bits per heavy atom. The fourth-order valence-electron chi connectivity index (χ4n) is 2.63. The van der Waals surface area contributed by atoms with Crippen molar-refractivity contribution in [3.8, 4) is 5.75 Å². The highest BCUT2D eigenvalue weighted by Crippen LogP contribution is 2.15. The summed E-state index contributed by atoms with van der Waals surface area (Å²) in [5, 5.41) is 0. The fourth-order valence-corrected chi connectivity index (χ4v) is 2.80. The van der Waals surface area contributed by atoms with Crippen LogP contribution in [-0.4, -0.2) is 61.2 Å². The zero-order chi connectivity index (χ0) is 15.2. The van der Waals surface area contributed by atoms with Gasteiger partial charge in [0.25, 0.3) is 0 Å². The van der Waals surface area contributed by atoms with Gasteiger partial charge in [-0.15, -0.1) is 0 Å². The van der Waals surface area contributed by atoms with E-state index in [4.69, 9.17) is 22.7 Å². The molecular formula is C16H25N3OS. The molecule has 1 unspecified atom stereocenters. The average Bonchev–Trinajstić information content (AvgIpc) is 2.89. The molecule has 0 saturated carbocycles. The van der Waals surface area contributed by atoms with E-state index in [1.165, 1.54) is 13.0 Å². The number of thiocarbonyl (C=S) groups is 1. The van der Waals surface area contributed by atoms with Gasteiger partial charge >= 0.3 is 0 Å². The molecule has 2 rings (SSSR count). The van der Waals surface area contributed by atoms with Crippen LogP contribution in [0.25, 0.3) is 0 Å². The van der Waals surface area contributed by atoms with E-state index in [9.17, 15) is 0 Å². The molecule has 116 valence electrons. The van der Waals surface area contributed by atoms with E-state index in [1.54, 1.807) is 0 Å². The first-order valence-corrected chi connectivity index (χ1v) is 7.84. The van der Waals surface area contributed by atoms with Crippen LogP contribution in [0.4, 0.5) is 0 Å². The molecule has 0 radical (unpaired) electrons. The number of benzene rings is 1. The predicted octanol–water partition coefficient (Wildman–Crippen LogP) is 1.53. The van der Waals surface area contributed by atoms with Crippen LogP contribution in [0.3, 0.4) is 0 Å². The second-order valence-electron chi connectivity index (χ2n) is 5.84. The van der Waals surface area contributed by atoms with Crippen LogP contribution < -0.4 is 10.5 Å². The van der Waals surface area contributed by atoms with Crippen molar-refractivity contribution >= 4 is 17.2 Å². The third-order valence-corrected chi connectivity index (χ3v) is 4.10. The molecule has 0 bridgehead atoms. The maximum Gasteiger partial charge on any atom is 0.119 e. The minimum atomic E-state index is 0.521. The van der Waals surface area contributed by atoms with Crippen molar-refractivity contribution in [2.24, 2.45) is 5.73 Å². The maximum absolute atomic E-state index is 5.80. The number of nitrogens with two attached hydrogens (primary N) is 1. The summed E-state index contributed by atoms with van der Waals surface area (Å²) in [6.07, 6.45) is 1.90. The molecule has 1 aromatic carbocycles. The van der Waals surface area contributed by atoms with Crippen molar-refractivity contribution in [1.29, 1.82) is 0 Å². The van der Waals surface area contributed by atoms with Crippen LogP contribution in [0.1, 0.15) is 12.0 Å². The van der Waals surface area contributed by atoms with Crippen LogP contribution in [0.5, 0.6) is 5.75 Å². The smallest absolute Gasteiger partial charge is 0.119 e. The van der Waals surface area contributed by atoms with Gasteiger partial charge in [0, 0.05) is 25.6 Å². The average molecular weight is 307 g/mol. The Bertz CT molecular complexity index is 461. The lowest BCUT2D eigenvalue weighted by Gasteiger charge is -2.20. The lowest BCUT2D eigenvalue weighted by Crippen LogP contribution is -2.33. The van der Waals surface area contributed by atoms with Gasteiger partial charge in [-0.25, -0.2) is 0 Å². The minimum Gasteiger partial charge on any atom is -0.492 e. The lowest BCUT2D eigenvalue weighted by molar-refractivity contribution is 0.220.